The van der Waals surface area contributed by atoms with Crippen LogP contribution < -0.4 is 6.15 Å². The molecule has 0 aliphatic heterocycles. The second-order valence-corrected chi connectivity index (χ2v) is 2.08. The van der Waals surface area contributed by atoms with Gasteiger partial charge in [-0.05, 0) is 11.6 Å². The number of rotatable bonds is 2. The number of benzene rings is 1. The van der Waals surface area contributed by atoms with Gasteiger partial charge in [-0.15, -0.1) is 0 Å². The Morgan fingerprint density at radius 1 is 1.25 bits per heavy atom. The average molecular weight is 166 g/mol. The Balaban J connectivity index is 0.00000121. The first kappa shape index (κ1) is 10.4. The molecule has 0 saturated heterocycles. The van der Waals surface area contributed by atoms with Crippen LogP contribution in [0.5, 0.6) is 0 Å². The maximum atomic E-state index is 10.1. The summed E-state index contributed by atoms with van der Waals surface area (Å²) in [5, 5.41) is 8.29. The summed E-state index contributed by atoms with van der Waals surface area (Å²) in [6.45, 7) is 0. The van der Waals surface area contributed by atoms with Gasteiger partial charge in [-0.2, -0.15) is 0 Å². The molecule has 64 valence electrons. The van der Waals surface area contributed by atoms with Gasteiger partial charge in [-0.1, -0.05) is 30.3 Å². The van der Waals surface area contributed by atoms with Gasteiger partial charge in [-0.25, -0.2) is 4.79 Å². The summed E-state index contributed by atoms with van der Waals surface area (Å²) in [6, 6.07) is 9.31. The van der Waals surface area contributed by atoms with E-state index in [4.69, 9.17) is 5.11 Å². The largest absolute Gasteiger partial charge is 0.478 e. The first-order valence-corrected chi connectivity index (χ1v) is 3.25. The lowest BCUT2D eigenvalue weighted by Crippen LogP contribution is -1.85. The SMILES string of the molecule is O=C(O)/C=C/c1ccccc1.[NH4+]. The number of carbonyl (C=O) groups is 1. The molecule has 0 heterocycles. The van der Waals surface area contributed by atoms with Gasteiger partial charge in [0.15, 0.2) is 0 Å². The van der Waals surface area contributed by atoms with E-state index in [2.05, 4.69) is 0 Å². The van der Waals surface area contributed by atoms with E-state index < -0.39 is 5.97 Å². The number of hydrogen-bond acceptors (Lipinski definition) is 1. The molecule has 0 fully saturated rings. The van der Waals surface area contributed by atoms with Crippen molar-refractivity contribution in [2.45, 2.75) is 0 Å². The molecule has 3 heteroatoms. The van der Waals surface area contributed by atoms with Crippen LogP contribution in [-0.4, -0.2) is 11.1 Å². The summed E-state index contributed by atoms with van der Waals surface area (Å²) >= 11 is 0. The summed E-state index contributed by atoms with van der Waals surface area (Å²) in [5.41, 5.74) is 0.898. The first-order chi connectivity index (χ1) is 5.29. The van der Waals surface area contributed by atoms with Gasteiger partial charge in [-0.3, -0.25) is 0 Å². The van der Waals surface area contributed by atoms with Crippen molar-refractivity contribution in [1.29, 1.82) is 0 Å². The van der Waals surface area contributed by atoms with Crippen LogP contribution in [0.3, 0.4) is 0 Å². The molecule has 0 radical (unpaired) electrons. The molecule has 5 N–H and O–H groups in total. The highest BCUT2D eigenvalue weighted by Crippen LogP contribution is 1.99. The minimum Gasteiger partial charge on any atom is -0.478 e. The second kappa shape index (κ2) is 5.09. The van der Waals surface area contributed by atoms with Gasteiger partial charge in [0.2, 0.25) is 0 Å². The van der Waals surface area contributed by atoms with Crippen LogP contribution >= 0.6 is 0 Å². The molecular weight excluding hydrogens is 154 g/mol. The maximum Gasteiger partial charge on any atom is 0.328 e. The molecule has 0 saturated carbocycles. The summed E-state index contributed by atoms with van der Waals surface area (Å²) in [6.07, 6.45) is 2.68. The molecular formula is C9H12NO2+. The molecule has 3 nitrogen and oxygen atoms in total. The van der Waals surface area contributed by atoms with Gasteiger partial charge in [0.25, 0.3) is 0 Å². The van der Waals surface area contributed by atoms with Crippen LogP contribution in [0.15, 0.2) is 36.4 Å². The zero-order valence-corrected chi connectivity index (χ0v) is 6.90. The summed E-state index contributed by atoms with van der Waals surface area (Å²) < 4.78 is 0. The topological polar surface area (TPSA) is 73.8 Å². The van der Waals surface area contributed by atoms with Gasteiger partial charge in [0, 0.05) is 6.08 Å². The Labute approximate surface area is 70.9 Å². The molecule has 0 aliphatic carbocycles. The standard InChI is InChI=1S/C9H8O2.H3N/c10-9(11)7-6-8-4-2-1-3-5-8;/h1-7H,(H,10,11);1H3/p+1/b7-6+;. The van der Waals surface area contributed by atoms with Crippen molar-refractivity contribution in [3.63, 3.8) is 0 Å². The third-order valence-corrected chi connectivity index (χ3v) is 1.22. The van der Waals surface area contributed by atoms with Crippen molar-refractivity contribution in [1.82, 2.24) is 6.15 Å². The van der Waals surface area contributed by atoms with Crippen molar-refractivity contribution < 1.29 is 9.90 Å². The molecule has 0 amide bonds. The zero-order valence-electron chi connectivity index (χ0n) is 6.90. The van der Waals surface area contributed by atoms with Crippen LogP contribution in [0.25, 0.3) is 6.08 Å². The highest BCUT2D eigenvalue weighted by molar-refractivity contribution is 5.85. The second-order valence-electron chi connectivity index (χ2n) is 2.08. The van der Waals surface area contributed by atoms with Crippen molar-refractivity contribution >= 4 is 12.0 Å². The highest BCUT2D eigenvalue weighted by Gasteiger charge is 1.85. The monoisotopic (exact) mass is 166 g/mol. The van der Waals surface area contributed by atoms with Crippen molar-refractivity contribution in [2.24, 2.45) is 0 Å². The van der Waals surface area contributed by atoms with Gasteiger partial charge < -0.3 is 11.3 Å². The van der Waals surface area contributed by atoms with Crippen LogP contribution in [0, 0.1) is 0 Å². The van der Waals surface area contributed by atoms with E-state index in [1.165, 1.54) is 0 Å². The van der Waals surface area contributed by atoms with E-state index in [0.717, 1.165) is 11.6 Å². The van der Waals surface area contributed by atoms with Crippen LogP contribution in [0.4, 0.5) is 0 Å². The normalized spacial score (nSPS) is 9.33. The highest BCUT2D eigenvalue weighted by atomic mass is 16.4. The molecule has 0 aromatic heterocycles. The lowest BCUT2D eigenvalue weighted by atomic mass is 10.2. The Morgan fingerprint density at radius 2 is 1.83 bits per heavy atom. The minimum absolute atomic E-state index is 0. The van der Waals surface area contributed by atoms with Gasteiger partial charge in [0.1, 0.15) is 0 Å². The Hall–Kier alpha value is -1.61. The van der Waals surface area contributed by atoms with E-state index in [1.54, 1.807) is 6.08 Å². The number of aliphatic carboxylic acids is 1. The predicted molar refractivity (Wildman–Crippen MR) is 49.1 cm³/mol. The summed E-state index contributed by atoms with van der Waals surface area (Å²) in [7, 11) is 0. The maximum absolute atomic E-state index is 10.1. The number of quaternary nitrogens is 1. The number of carboxylic acids is 1. The fourth-order valence-electron chi connectivity index (χ4n) is 0.732. The Bertz CT molecular complexity index is 267. The van der Waals surface area contributed by atoms with E-state index in [9.17, 15) is 4.79 Å². The Kier molecular flexibility index (Phi) is 4.41. The molecule has 0 aliphatic rings. The van der Waals surface area contributed by atoms with Crippen LogP contribution in [0.2, 0.25) is 0 Å². The van der Waals surface area contributed by atoms with Crippen LogP contribution in [0.1, 0.15) is 5.56 Å². The molecule has 0 unspecified atom stereocenters. The fourth-order valence-corrected chi connectivity index (χ4v) is 0.732. The average Bonchev–Trinajstić information content (AvgIpc) is 2.03. The lowest BCUT2D eigenvalue weighted by molar-refractivity contribution is -0.131. The number of hydrogen-bond donors (Lipinski definition) is 2. The third-order valence-electron chi connectivity index (χ3n) is 1.22. The molecule has 1 rings (SSSR count). The van der Waals surface area contributed by atoms with Gasteiger partial charge >= 0.3 is 5.97 Å². The molecule has 1 aromatic carbocycles. The van der Waals surface area contributed by atoms with E-state index in [0.29, 0.717) is 0 Å². The molecule has 0 atom stereocenters. The molecule has 0 bridgehead atoms. The van der Waals surface area contributed by atoms with Crippen molar-refractivity contribution in [3.05, 3.63) is 42.0 Å². The molecule has 0 spiro atoms. The Morgan fingerprint density at radius 3 is 2.33 bits per heavy atom. The van der Waals surface area contributed by atoms with E-state index in [-0.39, 0.29) is 6.15 Å². The number of carboxylic acid groups (broad SMARTS) is 1. The van der Waals surface area contributed by atoms with Crippen LogP contribution in [-0.2, 0) is 4.79 Å². The predicted octanol–water partition coefficient (Wildman–Crippen LogP) is 2.16. The summed E-state index contributed by atoms with van der Waals surface area (Å²) in [5.74, 6) is -0.922. The molecule has 1 aromatic rings. The van der Waals surface area contributed by atoms with Gasteiger partial charge in [0.05, 0.1) is 0 Å². The third kappa shape index (κ3) is 3.53. The first-order valence-electron chi connectivity index (χ1n) is 3.25. The zero-order chi connectivity index (χ0) is 8.10. The quantitative estimate of drug-likeness (QED) is 0.660. The molecule has 12 heavy (non-hydrogen) atoms. The minimum atomic E-state index is -0.922. The fraction of sp³-hybridized carbons (Fsp3) is 0. The summed E-state index contributed by atoms with van der Waals surface area (Å²) in [4.78, 5) is 10.1. The van der Waals surface area contributed by atoms with Crippen molar-refractivity contribution in [2.75, 3.05) is 0 Å². The van der Waals surface area contributed by atoms with Crippen molar-refractivity contribution in [3.8, 4) is 0 Å². The van der Waals surface area contributed by atoms with E-state index in [1.807, 2.05) is 30.3 Å². The van der Waals surface area contributed by atoms with E-state index >= 15 is 0 Å². The smallest absolute Gasteiger partial charge is 0.328 e. The lowest BCUT2D eigenvalue weighted by Gasteiger charge is -1.87.